The first kappa shape index (κ1) is 19.6. The van der Waals surface area contributed by atoms with Gasteiger partial charge in [0.1, 0.15) is 0 Å². The zero-order chi connectivity index (χ0) is 16.2. The van der Waals surface area contributed by atoms with E-state index in [-0.39, 0.29) is 12.4 Å². The average Bonchev–Trinajstić information content (AvgIpc) is 3.34. The summed E-state index contributed by atoms with van der Waals surface area (Å²) < 4.78 is 5.73. The molecule has 2 N–H and O–H groups in total. The van der Waals surface area contributed by atoms with Gasteiger partial charge < -0.3 is 15.4 Å². The van der Waals surface area contributed by atoms with Gasteiger partial charge in [-0.25, -0.2) is 0 Å². The Labute approximate surface area is 162 Å². The summed E-state index contributed by atoms with van der Waals surface area (Å²) in [4.78, 5) is 1.61. The topological polar surface area (TPSA) is 33.3 Å². The fraction of sp³-hybridized carbons (Fsp3) is 0.800. The molecule has 142 valence electrons. The van der Waals surface area contributed by atoms with Gasteiger partial charge in [0.25, 0.3) is 0 Å². The first-order chi connectivity index (χ1) is 11.9. The molecule has 3 aliphatic rings. The molecule has 1 saturated heterocycles. The molecular weight excluding hydrogens is 352 g/mol. The number of morpholine rings is 1. The molecule has 4 rings (SSSR count). The van der Waals surface area contributed by atoms with E-state index in [4.69, 9.17) is 4.74 Å². The molecule has 2 aliphatic carbocycles. The van der Waals surface area contributed by atoms with E-state index in [1.54, 1.807) is 4.88 Å². The summed E-state index contributed by atoms with van der Waals surface area (Å²) in [6, 6.07) is 5.84. The smallest absolute Gasteiger partial charge is 0.0623 e. The van der Waals surface area contributed by atoms with E-state index in [0.717, 1.165) is 25.7 Å². The van der Waals surface area contributed by atoms with E-state index in [1.165, 1.54) is 57.9 Å². The van der Waals surface area contributed by atoms with Crippen LogP contribution < -0.4 is 10.6 Å². The molecule has 3 atom stereocenters. The van der Waals surface area contributed by atoms with Crippen LogP contribution in [0.2, 0.25) is 0 Å². The van der Waals surface area contributed by atoms with Crippen LogP contribution in [0.15, 0.2) is 17.5 Å². The molecule has 1 aliphatic heterocycles. The molecular formula is C20H33ClN2OS. The maximum Gasteiger partial charge on any atom is 0.0623 e. The molecule has 3 unspecified atom stereocenters. The van der Waals surface area contributed by atoms with Crippen LogP contribution in [-0.4, -0.2) is 38.4 Å². The van der Waals surface area contributed by atoms with Crippen LogP contribution in [0.1, 0.15) is 56.2 Å². The zero-order valence-electron chi connectivity index (χ0n) is 15.2. The quantitative estimate of drug-likeness (QED) is 0.801. The number of hydrogen-bond acceptors (Lipinski definition) is 4. The summed E-state index contributed by atoms with van der Waals surface area (Å²) in [5, 5.41) is 10.00. The van der Waals surface area contributed by atoms with Gasteiger partial charge in [-0.1, -0.05) is 31.7 Å². The molecule has 0 spiro atoms. The molecule has 1 aromatic heterocycles. The highest BCUT2D eigenvalue weighted by molar-refractivity contribution is 7.10. The monoisotopic (exact) mass is 384 g/mol. The van der Waals surface area contributed by atoms with Gasteiger partial charge in [0.05, 0.1) is 13.2 Å². The van der Waals surface area contributed by atoms with Crippen LogP contribution in [0.5, 0.6) is 0 Å². The van der Waals surface area contributed by atoms with Crippen LogP contribution in [0, 0.1) is 5.92 Å². The normalized spacial score (nSPS) is 32.2. The minimum Gasteiger partial charge on any atom is -0.379 e. The molecule has 2 heterocycles. The second kappa shape index (κ2) is 9.18. The van der Waals surface area contributed by atoms with Gasteiger partial charge in [-0.3, -0.25) is 0 Å². The third kappa shape index (κ3) is 4.41. The minimum atomic E-state index is 0. The van der Waals surface area contributed by atoms with Crippen LogP contribution in [0.3, 0.4) is 0 Å². The molecule has 5 heteroatoms. The van der Waals surface area contributed by atoms with Crippen LogP contribution in [-0.2, 0) is 10.2 Å². The molecule has 0 radical (unpaired) electrons. The Morgan fingerprint density at radius 2 is 2.08 bits per heavy atom. The van der Waals surface area contributed by atoms with Gasteiger partial charge in [-0.05, 0) is 43.0 Å². The highest BCUT2D eigenvalue weighted by atomic mass is 35.5. The number of halogens is 1. The summed E-state index contributed by atoms with van der Waals surface area (Å²) in [7, 11) is 0. The lowest BCUT2D eigenvalue weighted by Gasteiger charge is -2.39. The van der Waals surface area contributed by atoms with Crippen molar-refractivity contribution in [2.24, 2.45) is 5.92 Å². The maximum absolute atomic E-state index is 5.73. The van der Waals surface area contributed by atoms with Crippen molar-refractivity contribution in [1.82, 2.24) is 10.6 Å². The minimum absolute atomic E-state index is 0. The predicted octanol–water partition coefficient (Wildman–Crippen LogP) is 4.12. The first-order valence-electron chi connectivity index (χ1n) is 9.96. The standard InChI is InChI=1S/C20H32N2OS.ClH/c1-2-9-20(10-3-1,19-8-5-13-24-19)15-22-17-7-4-6-16(17)18-14-23-12-11-21-18;/h5,8,13,16-18,21-22H,1-4,6-7,9-12,14-15H2;1H. The lowest BCUT2D eigenvalue weighted by molar-refractivity contribution is 0.0519. The Morgan fingerprint density at radius 1 is 1.20 bits per heavy atom. The highest BCUT2D eigenvalue weighted by Gasteiger charge is 2.38. The molecule has 2 saturated carbocycles. The van der Waals surface area contributed by atoms with Crippen LogP contribution in [0.25, 0.3) is 0 Å². The van der Waals surface area contributed by atoms with E-state index in [9.17, 15) is 0 Å². The number of hydrogen-bond donors (Lipinski definition) is 2. The lowest BCUT2D eigenvalue weighted by atomic mass is 9.72. The maximum atomic E-state index is 5.73. The van der Waals surface area contributed by atoms with E-state index in [1.807, 2.05) is 11.3 Å². The van der Waals surface area contributed by atoms with Gasteiger partial charge in [-0.2, -0.15) is 0 Å². The van der Waals surface area contributed by atoms with Crippen molar-refractivity contribution in [2.75, 3.05) is 26.3 Å². The van der Waals surface area contributed by atoms with Crippen molar-refractivity contribution in [3.8, 4) is 0 Å². The van der Waals surface area contributed by atoms with Gasteiger partial charge in [0.15, 0.2) is 0 Å². The second-order valence-electron chi connectivity index (χ2n) is 8.04. The molecule has 3 fully saturated rings. The van der Waals surface area contributed by atoms with Gasteiger partial charge in [-0.15, -0.1) is 23.7 Å². The zero-order valence-corrected chi connectivity index (χ0v) is 16.8. The van der Waals surface area contributed by atoms with Gasteiger partial charge in [0, 0.05) is 35.5 Å². The summed E-state index contributed by atoms with van der Waals surface area (Å²) in [6.45, 7) is 3.97. The fourth-order valence-electron chi connectivity index (χ4n) is 5.23. The Hall–Kier alpha value is -0.130. The van der Waals surface area contributed by atoms with Crippen LogP contribution in [0.4, 0.5) is 0 Å². The van der Waals surface area contributed by atoms with Crippen molar-refractivity contribution in [3.63, 3.8) is 0 Å². The predicted molar refractivity (Wildman–Crippen MR) is 108 cm³/mol. The first-order valence-corrected chi connectivity index (χ1v) is 10.8. The van der Waals surface area contributed by atoms with Crippen LogP contribution >= 0.6 is 23.7 Å². The van der Waals surface area contributed by atoms with Gasteiger partial charge >= 0.3 is 0 Å². The average molecular weight is 385 g/mol. The molecule has 1 aromatic rings. The van der Waals surface area contributed by atoms with E-state index in [2.05, 4.69) is 28.1 Å². The van der Waals surface area contributed by atoms with E-state index in [0.29, 0.717) is 17.5 Å². The highest BCUT2D eigenvalue weighted by Crippen LogP contribution is 2.41. The summed E-state index contributed by atoms with van der Waals surface area (Å²) >= 11 is 1.97. The molecule has 0 amide bonds. The lowest BCUT2D eigenvalue weighted by Crippen LogP contribution is -2.52. The molecule has 3 nitrogen and oxygen atoms in total. The largest absolute Gasteiger partial charge is 0.379 e. The Balaban J connectivity index is 0.00000182. The van der Waals surface area contributed by atoms with E-state index < -0.39 is 0 Å². The van der Waals surface area contributed by atoms with Crippen molar-refractivity contribution >= 4 is 23.7 Å². The SMILES string of the molecule is Cl.c1csc(C2(CNC3CCCC3C3COCCN3)CCCCC2)c1. The molecule has 0 bridgehead atoms. The third-order valence-corrected chi connectivity index (χ3v) is 7.71. The number of nitrogens with one attached hydrogen (secondary N) is 2. The number of ether oxygens (including phenoxy) is 1. The molecule has 0 aromatic carbocycles. The summed E-state index contributed by atoms with van der Waals surface area (Å²) in [6.07, 6.45) is 11.0. The van der Waals surface area contributed by atoms with Crippen molar-refractivity contribution in [3.05, 3.63) is 22.4 Å². The van der Waals surface area contributed by atoms with Crippen molar-refractivity contribution < 1.29 is 4.74 Å². The third-order valence-electron chi connectivity index (χ3n) is 6.59. The Kier molecular flexibility index (Phi) is 7.21. The Morgan fingerprint density at radius 3 is 2.80 bits per heavy atom. The number of thiophene rings is 1. The Bertz CT molecular complexity index is 498. The summed E-state index contributed by atoms with van der Waals surface area (Å²) in [5.74, 6) is 0.745. The van der Waals surface area contributed by atoms with Crippen molar-refractivity contribution in [2.45, 2.75) is 68.9 Å². The van der Waals surface area contributed by atoms with E-state index >= 15 is 0 Å². The van der Waals surface area contributed by atoms with Gasteiger partial charge in [0.2, 0.25) is 0 Å². The van der Waals surface area contributed by atoms with Crippen molar-refractivity contribution in [1.29, 1.82) is 0 Å². The molecule has 25 heavy (non-hydrogen) atoms. The second-order valence-corrected chi connectivity index (χ2v) is 8.98. The summed E-state index contributed by atoms with van der Waals surface area (Å²) in [5.41, 5.74) is 0.399. The fourth-order valence-corrected chi connectivity index (χ4v) is 6.22. The number of rotatable bonds is 5.